The third-order valence-electron chi connectivity index (χ3n) is 8.11. The second kappa shape index (κ2) is 11.7. The van der Waals surface area contributed by atoms with Gasteiger partial charge >= 0.3 is 0 Å². The Balaban J connectivity index is 1.26. The molecule has 0 spiro atoms. The van der Waals surface area contributed by atoms with E-state index in [2.05, 4.69) is 10.3 Å². The highest BCUT2D eigenvalue weighted by atomic mass is 32.2. The van der Waals surface area contributed by atoms with Crippen LogP contribution in [0.1, 0.15) is 33.7 Å². The summed E-state index contributed by atoms with van der Waals surface area (Å²) < 4.78 is 33.8. The molecule has 0 bridgehead atoms. The number of thiophene rings is 1. The summed E-state index contributed by atoms with van der Waals surface area (Å²) in [5, 5.41) is 7.80. The van der Waals surface area contributed by atoms with E-state index in [0.717, 1.165) is 43.4 Å². The lowest BCUT2D eigenvalue weighted by atomic mass is 10.0. The molecule has 1 aliphatic heterocycles. The maximum atomic E-state index is 13.5. The Morgan fingerprint density at radius 2 is 1.95 bits per heavy atom. The molecular weight excluding hydrogens is 601 g/mol. The molecule has 228 valence electrons. The number of aryl methyl sites for hydroxylation is 1. The lowest BCUT2D eigenvalue weighted by Crippen LogP contribution is -2.54. The highest BCUT2D eigenvalue weighted by Crippen LogP contribution is 2.39. The van der Waals surface area contributed by atoms with E-state index in [9.17, 15) is 18.0 Å². The monoisotopic (exact) mass is 632 g/mol. The van der Waals surface area contributed by atoms with Gasteiger partial charge in [0.1, 0.15) is 11.4 Å². The third-order valence-corrected chi connectivity index (χ3v) is 10.4. The molecule has 13 heteroatoms. The first-order valence-corrected chi connectivity index (χ1v) is 16.7. The van der Waals surface area contributed by atoms with Gasteiger partial charge in [-0.15, -0.1) is 11.3 Å². The van der Waals surface area contributed by atoms with E-state index in [-0.39, 0.29) is 12.5 Å². The summed E-state index contributed by atoms with van der Waals surface area (Å²) in [4.78, 5) is 31.1. The molecule has 3 aromatic heterocycles. The number of sulfonamides is 1. The van der Waals surface area contributed by atoms with Crippen LogP contribution in [0.5, 0.6) is 5.75 Å². The zero-order valence-corrected chi connectivity index (χ0v) is 26.1. The van der Waals surface area contributed by atoms with Crippen LogP contribution in [-0.4, -0.2) is 71.6 Å². The van der Waals surface area contributed by atoms with Gasteiger partial charge in [-0.1, -0.05) is 24.3 Å². The SMILES string of the molecule is COc1cc(-c2csc3c(C(=O)N(N)C4CCCN(S(C)(=O)=O)C4)cncc23)ccc1NC(=O)c1cc2ccccc2n1C. The molecular formula is C31H32N6O5S2. The van der Waals surface area contributed by atoms with E-state index in [1.54, 1.807) is 19.4 Å². The Morgan fingerprint density at radius 1 is 1.16 bits per heavy atom. The summed E-state index contributed by atoms with van der Waals surface area (Å²) in [7, 11) is 0.0128. The number of nitrogens with one attached hydrogen (secondary N) is 1. The van der Waals surface area contributed by atoms with Crippen molar-refractivity contribution in [1.82, 2.24) is 18.9 Å². The highest BCUT2D eigenvalue weighted by Gasteiger charge is 2.32. The fourth-order valence-corrected chi connectivity index (χ4v) is 7.69. The van der Waals surface area contributed by atoms with Crippen molar-refractivity contribution in [2.24, 2.45) is 12.9 Å². The summed E-state index contributed by atoms with van der Waals surface area (Å²) in [6.45, 7) is 0.571. The zero-order chi connectivity index (χ0) is 31.2. The number of methoxy groups -OCH3 is 1. The molecule has 1 saturated heterocycles. The van der Waals surface area contributed by atoms with Gasteiger partial charge in [0.15, 0.2) is 0 Å². The van der Waals surface area contributed by atoms with Crippen LogP contribution in [0.3, 0.4) is 0 Å². The maximum absolute atomic E-state index is 13.5. The maximum Gasteiger partial charge on any atom is 0.272 e. The van der Waals surface area contributed by atoms with Crippen molar-refractivity contribution >= 4 is 59.9 Å². The minimum absolute atomic E-state index is 0.156. The molecule has 5 aromatic rings. The highest BCUT2D eigenvalue weighted by molar-refractivity contribution is 7.88. The van der Waals surface area contributed by atoms with Crippen molar-refractivity contribution in [1.29, 1.82) is 0 Å². The Labute approximate surface area is 258 Å². The van der Waals surface area contributed by atoms with Crippen molar-refractivity contribution in [3.63, 3.8) is 0 Å². The summed E-state index contributed by atoms with van der Waals surface area (Å²) >= 11 is 1.40. The molecule has 2 amide bonds. The Bertz CT molecular complexity index is 2020. The minimum atomic E-state index is -3.39. The number of pyridine rings is 1. The number of fused-ring (bicyclic) bond motifs is 2. The summed E-state index contributed by atoms with van der Waals surface area (Å²) in [5.74, 6) is 6.10. The summed E-state index contributed by atoms with van der Waals surface area (Å²) in [6.07, 6.45) is 5.58. The molecule has 11 nitrogen and oxygen atoms in total. The number of piperidine rings is 1. The Kier molecular flexibility index (Phi) is 7.88. The van der Waals surface area contributed by atoms with E-state index in [4.69, 9.17) is 10.6 Å². The lowest BCUT2D eigenvalue weighted by molar-refractivity contribution is 0.0611. The van der Waals surface area contributed by atoms with Crippen molar-refractivity contribution in [2.45, 2.75) is 18.9 Å². The van der Waals surface area contributed by atoms with Crippen LogP contribution in [0.4, 0.5) is 5.69 Å². The number of benzene rings is 2. The predicted molar refractivity (Wildman–Crippen MR) is 172 cm³/mol. The van der Waals surface area contributed by atoms with Gasteiger partial charge in [0, 0.05) is 54.4 Å². The summed E-state index contributed by atoms with van der Waals surface area (Å²) in [5.41, 5.74) is 4.03. The van der Waals surface area contributed by atoms with Gasteiger partial charge in [-0.05, 0) is 48.1 Å². The zero-order valence-electron chi connectivity index (χ0n) is 24.5. The molecule has 0 aliphatic carbocycles. The van der Waals surface area contributed by atoms with Gasteiger partial charge in [-0.3, -0.25) is 19.6 Å². The lowest BCUT2D eigenvalue weighted by Gasteiger charge is -2.35. The van der Waals surface area contributed by atoms with Gasteiger partial charge in [0.2, 0.25) is 10.0 Å². The van der Waals surface area contributed by atoms with Crippen LogP contribution in [-0.2, 0) is 17.1 Å². The molecule has 3 N–H and O–H groups in total. The molecule has 1 aliphatic rings. The van der Waals surface area contributed by atoms with Crippen molar-refractivity contribution < 1.29 is 22.7 Å². The van der Waals surface area contributed by atoms with Gasteiger partial charge < -0.3 is 14.6 Å². The fourth-order valence-electron chi connectivity index (χ4n) is 5.73. The number of hydrogen-bond donors (Lipinski definition) is 2. The van der Waals surface area contributed by atoms with Gasteiger partial charge in [0.05, 0.1) is 35.4 Å². The van der Waals surface area contributed by atoms with Crippen LogP contribution in [0.15, 0.2) is 66.3 Å². The predicted octanol–water partition coefficient (Wildman–Crippen LogP) is 4.46. The average Bonchev–Trinajstić information content (AvgIpc) is 3.61. The standard InChI is InChI=1S/C31H32N6O5S2/c1-35-26-9-5-4-7-20(26)13-27(35)30(38)34-25-11-10-19(14-28(25)42-2)24-18-43-29-22(24)15-33-16-23(29)31(39)37(32)21-8-6-12-36(17-21)44(3,40)41/h4-5,7,9-11,13-16,18,21H,6,8,12,17,32H2,1-3H3,(H,34,38). The van der Waals surface area contributed by atoms with Crippen LogP contribution < -0.4 is 15.9 Å². The normalized spacial score (nSPS) is 15.9. The topological polar surface area (TPSA) is 140 Å². The molecule has 6 rings (SSSR count). The smallest absolute Gasteiger partial charge is 0.272 e. The van der Waals surface area contributed by atoms with E-state index in [1.165, 1.54) is 21.8 Å². The third kappa shape index (κ3) is 5.43. The second-order valence-corrected chi connectivity index (χ2v) is 13.7. The fraction of sp³-hybridized carbons (Fsp3) is 0.258. The largest absolute Gasteiger partial charge is 0.495 e. The van der Waals surface area contributed by atoms with Crippen molar-refractivity contribution in [3.8, 4) is 16.9 Å². The number of ether oxygens (including phenoxy) is 1. The number of hydrazine groups is 1. The van der Waals surface area contributed by atoms with E-state index in [1.807, 2.05) is 59.5 Å². The van der Waals surface area contributed by atoms with E-state index < -0.39 is 22.0 Å². The van der Waals surface area contributed by atoms with Crippen LogP contribution >= 0.6 is 11.3 Å². The molecule has 1 unspecified atom stereocenters. The second-order valence-electron chi connectivity index (χ2n) is 10.9. The molecule has 0 radical (unpaired) electrons. The molecule has 4 heterocycles. The van der Waals surface area contributed by atoms with Crippen LogP contribution in [0.2, 0.25) is 0 Å². The molecule has 1 atom stereocenters. The first-order valence-electron chi connectivity index (χ1n) is 14.0. The number of amides is 2. The van der Waals surface area contributed by atoms with Crippen LogP contribution in [0, 0.1) is 0 Å². The van der Waals surface area contributed by atoms with Crippen molar-refractivity contribution in [2.75, 3.05) is 31.8 Å². The molecule has 0 saturated carbocycles. The Morgan fingerprint density at radius 3 is 2.70 bits per heavy atom. The Hall–Kier alpha value is -4.30. The van der Waals surface area contributed by atoms with Crippen molar-refractivity contribution in [3.05, 3.63) is 77.6 Å². The number of rotatable bonds is 7. The average molecular weight is 633 g/mol. The molecule has 2 aromatic carbocycles. The van der Waals surface area contributed by atoms with Gasteiger partial charge in [-0.25, -0.2) is 18.6 Å². The molecule has 44 heavy (non-hydrogen) atoms. The van der Waals surface area contributed by atoms with Crippen LogP contribution in [0.25, 0.3) is 32.1 Å². The number of para-hydroxylation sites is 1. The first kappa shape index (κ1) is 29.8. The number of nitrogens with two attached hydrogens (primary N) is 1. The van der Waals surface area contributed by atoms with Gasteiger partial charge in [-0.2, -0.15) is 0 Å². The van der Waals surface area contributed by atoms with E-state index >= 15 is 0 Å². The molecule has 1 fully saturated rings. The number of aromatic nitrogens is 2. The number of carbonyl (C=O) groups is 2. The quantitative estimate of drug-likeness (QED) is 0.153. The summed E-state index contributed by atoms with van der Waals surface area (Å²) in [6, 6.07) is 14.7. The first-order chi connectivity index (χ1) is 21.1. The number of hydrogen-bond acceptors (Lipinski definition) is 8. The van der Waals surface area contributed by atoms with Gasteiger partial charge in [0.25, 0.3) is 11.8 Å². The number of anilines is 1. The number of carbonyl (C=O) groups excluding carboxylic acids is 2. The van der Waals surface area contributed by atoms with E-state index in [0.29, 0.717) is 42.1 Å². The number of nitrogens with zero attached hydrogens (tertiary/aromatic N) is 4. The minimum Gasteiger partial charge on any atom is -0.495 e.